The number of sulfonamides is 1. The third-order valence-corrected chi connectivity index (χ3v) is 11.9. The van der Waals surface area contributed by atoms with E-state index in [9.17, 15) is 30.0 Å². The van der Waals surface area contributed by atoms with Gasteiger partial charge in [-0.1, -0.05) is 31.0 Å². The van der Waals surface area contributed by atoms with E-state index in [1.54, 1.807) is 16.5 Å². The highest BCUT2D eigenvalue weighted by Gasteiger charge is 2.43. The summed E-state index contributed by atoms with van der Waals surface area (Å²) < 4.78 is 98.5. The van der Waals surface area contributed by atoms with E-state index < -0.39 is 32.6 Å². The van der Waals surface area contributed by atoms with Crippen LogP contribution < -0.4 is 4.72 Å². The first-order valence-electron chi connectivity index (χ1n) is 13.6. The van der Waals surface area contributed by atoms with Gasteiger partial charge in [-0.25, -0.2) is 35.5 Å². The standard InChI is InChI=1S/C27H30F3N5O4S2/c1-3-17-12-18(33-40(36,37)19-8-9-19)13-21(17)25-32-22(14-27(28,29)30)24-15-31-26-23(35(24)25)10-11-34(26)41(38,39)20-6-4-16(2)5-7-20/h4-7,10-11,15,17-19,21,33H,3,8-9,12-14H2,1-2H3/t17-,18+,21+/m1/s1. The topological polar surface area (TPSA) is 115 Å². The maximum Gasteiger partial charge on any atom is 0.394 e. The largest absolute Gasteiger partial charge is 0.394 e. The van der Waals surface area contributed by atoms with Crippen molar-refractivity contribution in [2.24, 2.45) is 5.92 Å². The minimum absolute atomic E-state index is 0.0344. The molecule has 2 saturated carbocycles. The number of halogens is 3. The Morgan fingerprint density at radius 2 is 1.73 bits per heavy atom. The Hall–Kier alpha value is -2.97. The lowest BCUT2D eigenvalue weighted by Crippen LogP contribution is -2.35. The van der Waals surface area contributed by atoms with Crippen molar-refractivity contribution in [3.05, 3.63) is 59.8 Å². The molecule has 1 N–H and O–H groups in total. The van der Waals surface area contributed by atoms with Crippen molar-refractivity contribution in [2.45, 2.75) is 80.7 Å². The van der Waals surface area contributed by atoms with E-state index in [1.165, 1.54) is 30.6 Å². The first-order valence-corrected chi connectivity index (χ1v) is 16.5. The van der Waals surface area contributed by atoms with Crippen LogP contribution in [0.4, 0.5) is 13.2 Å². The van der Waals surface area contributed by atoms with Crippen molar-refractivity contribution in [3.8, 4) is 0 Å². The molecule has 4 aromatic rings. The maximum absolute atomic E-state index is 13.6. The number of benzene rings is 1. The minimum atomic E-state index is -4.52. The summed E-state index contributed by atoms with van der Waals surface area (Å²) in [6.45, 7) is 3.80. The van der Waals surface area contributed by atoms with Gasteiger partial charge in [-0.15, -0.1) is 0 Å². The second kappa shape index (κ2) is 9.80. The van der Waals surface area contributed by atoms with E-state index in [-0.39, 0.29) is 44.9 Å². The van der Waals surface area contributed by atoms with Gasteiger partial charge in [0.1, 0.15) is 5.82 Å². The van der Waals surface area contributed by atoms with Gasteiger partial charge in [0.15, 0.2) is 5.65 Å². The second-order valence-electron chi connectivity index (χ2n) is 11.1. The molecule has 3 heterocycles. The molecule has 6 rings (SSSR count). The molecule has 9 nitrogen and oxygen atoms in total. The number of imidazole rings is 1. The van der Waals surface area contributed by atoms with Crippen LogP contribution in [0.25, 0.3) is 16.7 Å². The third kappa shape index (κ3) is 5.14. The van der Waals surface area contributed by atoms with Crippen molar-refractivity contribution in [2.75, 3.05) is 0 Å². The Balaban J connectivity index is 1.48. The van der Waals surface area contributed by atoms with Crippen molar-refractivity contribution >= 4 is 36.7 Å². The molecule has 2 aliphatic carbocycles. The van der Waals surface area contributed by atoms with Gasteiger partial charge in [0, 0.05) is 18.2 Å². The van der Waals surface area contributed by atoms with Crippen LogP contribution in [0.1, 0.15) is 62.0 Å². The van der Waals surface area contributed by atoms with Crippen LogP contribution in [0.3, 0.4) is 0 Å². The van der Waals surface area contributed by atoms with Crippen LogP contribution >= 0.6 is 0 Å². The molecular weight excluding hydrogens is 579 g/mol. The quantitative estimate of drug-likeness (QED) is 0.310. The fraction of sp³-hybridized carbons (Fsp3) is 0.481. The van der Waals surface area contributed by atoms with E-state index in [0.29, 0.717) is 43.4 Å². The van der Waals surface area contributed by atoms with Gasteiger partial charge in [-0.05, 0) is 56.7 Å². The van der Waals surface area contributed by atoms with Crippen LogP contribution in [0, 0.1) is 12.8 Å². The molecular formula is C27H30F3N5O4S2. The van der Waals surface area contributed by atoms with Crippen molar-refractivity contribution in [1.29, 1.82) is 0 Å². The predicted octanol–water partition coefficient (Wildman–Crippen LogP) is 4.69. The van der Waals surface area contributed by atoms with E-state index >= 15 is 0 Å². The Kier molecular flexibility index (Phi) is 6.73. The van der Waals surface area contributed by atoms with Crippen LogP contribution in [0.15, 0.2) is 47.6 Å². The van der Waals surface area contributed by atoms with Crippen LogP contribution in [0.5, 0.6) is 0 Å². The summed E-state index contributed by atoms with van der Waals surface area (Å²) in [6.07, 6.45) is -0.370. The van der Waals surface area contributed by atoms with E-state index in [2.05, 4.69) is 14.7 Å². The maximum atomic E-state index is 13.6. The van der Waals surface area contributed by atoms with Crippen molar-refractivity contribution in [3.63, 3.8) is 0 Å². The molecule has 0 radical (unpaired) electrons. The molecule has 3 aromatic heterocycles. The summed E-state index contributed by atoms with van der Waals surface area (Å²) in [6, 6.07) is 7.50. The Bertz CT molecular complexity index is 1840. The zero-order valence-electron chi connectivity index (χ0n) is 22.5. The van der Waals surface area contributed by atoms with E-state index in [4.69, 9.17) is 0 Å². The number of nitrogens with one attached hydrogen (secondary N) is 1. The lowest BCUT2D eigenvalue weighted by atomic mass is 9.93. The minimum Gasteiger partial charge on any atom is -0.291 e. The first-order chi connectivity index (χ1) is 19.3. The fourth-order valence-electron chi connectivity index (χ4n) is 5.98. The fourth-order valence-corrected chi connectivity index (χ4v) is 8.88. The molecule has 3 atom stereocenters. The first kappa shape index (κ1) is 28.2. The molecule has 1 aromatic carbocycles. The van der Waals surface area contributed by atoms with Crippen LogP contribution in [0.2, 0.25) is 0 Å². The third-order valence-electron chi connectivity index (χ3n) is 8.16. The molecule has 0 saturated heterocycles. The highest BCUT2D eigenvalue weighted by atomic mass is 32.2. The molecule has 14 heteroatoms. The monoisotopic (exact) mass is 609 g/mol. The summed E-state index contributed by atoms with van der Waals surface area (Å²) in [7, 11) is -7.50. The Morgan fingerprint density at radius 1 is 1.02 bits per heavy atom. The van der Waals surface area contributed by atoms with Crippen LogP contribution in [-0.4, -0.2) is 52.6 Å². The Morgan fingerprint density at radius 3 is 2.37 bits per heavy atom. The molecule has 0 aliphatic heterocycles. The molecule has 2 aliphatic rings. The zero-order chi connectivity index (χ0) is 29.3. The molecule has 2 fully saturated rings. The highest BCUT2D eigenvalue weighted by Crippen LogP contribution is 2.43. The van der Waals surface area contributed by atoms with Gasteiger partial charge in [-0.3, -0.25) is 4.40 Å². The lowest BCUT2D eigenvalue weighted by Gasteiger charge is -2.17. The van der Waals surface area contributed by atoms with Gasteiger partial charge in [0.2, 0.25) is 10.0 Å². The summed E-state index contributed by atoms with van der Waals surface area (Å²) >= 11 is 0. The molecule has 41 heavy (non-hydrogen) atoms. The van der Waals surface area contributed by atoms with Gasteiger partial charge in [0.25, 0.3) is 10.0 Å². The van der Waals surface area contributed by atoms with Gasteiger partial charge in [0.05, 0.1) is 39.5 Å². The zero-order valence-corrected chi connectivity index (χ0v) is 24.1. The van der Waals surface area contributed by atoms with Crippen molar-refractivity contribution < 1.29 is 30.0 Å². The van der Waals surface area contributed by atoms with Crippen molar-refractivity contribution in [1.82, 2.24) is 23.1 Å². The lowest BCUT2D eigenvalue weighted by molar-refractivity contribution is -0.127. The number of alkyl halides is 3. The van der Waals surface area contributed by atoms with E-state index in [0.717, 1.165) is 9.54 Å². The van der Waals surface area contributed by atoms with Crippen LogP contribution in [-0.2, 0) is 26.5 Å². The normalized spacial score (nSPS) is 22.2. The summed E-state index contributed by atoms with van der Waals surface area (Å²) in [5.74, 6) is -0.0195. The molecule has 0 amide bonds. The number of hydrogen-bond donors (Lipinski definition) is 1. The molecule has 0 unspecified atom stereocenters. The predicted molar refractivity (Wildman–Crippen MR) is 147 cm³/mol. The smallest absolute Gasteiger partial charge is 0.291 e. The average Bonchev–Trinajstić information content (AvgIpc) is 3.42. The molecule has 0 bridgehead atoms. The second-order valence-corrected chi connectivity index (χ2v) is 14.9. The summed E-state index contributed by atoms with van der Waals surface area (Å²) in [4.78, 5) is 8.85. The van der Waals surface area contributed by atoms with Gasteiger partial charge in [-0.2, -0.15) is 13.2 Å². The molecule has 220 valence electrons. The number of hydrogen-bond acceptors (Lipinski definition) is 6. The van der Waals surface area contributed by atoms with E-state index in [1.807, 2.05) is 13.8 Å². The summed E-state index contributed by atoms with van der Waals surface area (Å²) in [5, 5.41) is -0.381. The molecule has 0 spiro atoms. The average molecular weight is 610 g/mol. The SMILES string of the molecule is CC[C@@H]1C[C@H](NS(=O)(=O)C2CC2)C[C@@H]1c1nc(CC(F)(F)F)c2cnc3c(ccn3S(=O)(=O)c3ccc(C)cc3)n12. The number of aromatic nitrogens is 4. The summed E-state index contributed by atoms with van der Waals surface area (Å²) in [5.41, 5.74) is 1.21. The number of aryl methyl sites for hydroxylation is 1. The van der Waals surface area contributed by atoms with Gasteiger partial charge < -0.3 is 0 Å². The number of fused-ring (bicyclic) bond motifs is 3. The highest BCUT2D eigenvalue weighted by molar-refractivity contribution is 7.90. The number of nitrogens with zero attached hydrogens (tertiary/aromatic N) is 4. The van der Waals surface area contributed by atoms with Gasteiger partial charge >= 0.3 is 6.18 Å². The Labute approximate surface area is 235 Å². The number of rotatable bonds is 8.